The van der Waals surface area contributed by atoms with Crippen LogP contribution in [0.15, 0.2) is 36.5 Å². The zero-order valence-corrected chi connectivity index (χ0v) is 10.8. The molecule has 19 heavy (non-hydrogen) atoms. The molecule has 0 unspecified atom stereocenters. The zero-order chi connectivity index (χ0) is 13.4. The summed E-state index contributed by atoms with van der Waals surface area (Å²) >= 11 is 0. The molecule has 92 valence electrons. The average Bonchev–Trinajstić information content (AvgIpc) is 2.76. The fourth-order valence-corrected chi connectivity index (χ4v) is 2.12. The first-order chi connectivity index (χ1) is 9.19. The van der Waals surface area contributed by atoms with E-state index in [1.807, 2.05) is 49.0 Å². The van der Waals surface area contributed by atoms with Crippen molar-refractivity contribution in [2.24, 2.45) is 7.05 Å². The molecule has 3 aromatic rings. The largest absolute Gasteiger partial charge is 0.327 e. The minimum Gasteiger partial charge on any atom is -0.327 e. The zero-order valence-electron chi connectivity index (χ0n) is 10.8. The Morgan fingerprint density at radius 3 is 2.74 bits per heavy atom. The molecule has 4 heteroatoms. The summed E-state index contributed by atoms with van der Waals surface area (Å²) in [6.45, 7) is 1.96. The molecule has 0 N–H and O–H groups in total. The Morgan fingerprint density at radius 2 is 2.05 bits per heavy atom. The molecule has 0 saturated carbocycles. The first-order valence-corrected chi connectivity index (χ1v) is 5.98. The van der Waals surface area contributed by atoms with E-state index in [9.17, 15) is 0 Å². The topological polar surface area (TPSA) is 54.5 Å². The summed E-state index contributed by atoms with van der Waals surface area (Å²) in [5, 5.41) is 8.95. The van der Waals surface area contributed by atoms with E-state index in [4.69, 9.17) is 5.26 Å². The van der Waals surface area contributed by atoms with Crippen LogP contribution >= 0.6 is 0 Å². The van der Waals surface area contributed by atoms with E-state index in [1.54, 1.807) is 6.07 Å². The number of benzene rings is 1. The Balaban J connectivity index is 2.23. The molecule has 2 heterocycles. The van der Waals surface area contributed by atoms with Gasteiger partial charge in [-0.2, -0.15) is 5.26 Å². The van der Waals surface area contributed by atoms with Crippen molar-refractivity contribution in [2.75, 3.05) is 0 Å². The third kappa shape index (κ3) is 1.85. The van der Waals surface area contributed by atoms with Gasteiger partial charge in [0.05, 0.1) is 22.7 Å². The van der Waals surface area contributed by atoms with Gasteiger partial charge in [0.1, 0.15) is 5.82 Å². The van der Waals surface area contributed by atoms with Crippen molar-refractivity contribution in [1.82, 2.24) is 14.5 Å². The fourth-order valence-electron chi connectivity index (χ4n) is 2.12. The lowest BCUT2D eigenvalue weighted by atomic mass is 10.2. The highest BCUT2D eigenvalue weighted by Gasteiger charge is 2.10. The molecule has 0 spiro atoms. The van der Waals surface area contributed by atoms with Gasteiger partial charge in [0.2, 0.25) is 0 Å². The molecular weight excluding hydrogens is 236 g/mol. The first-order valence-electron chi connectivity index (χ1n) is 5.98. The molecule has 0 atom stereocenters. The molecule has 3 rings (SSSR count). The number of fused-ring (bicyclic) bond motifs is 1. The van der Waals surface area contributed by atoms with Crippen LogP contribution in [0.3, 0.4) is 0 Å². The summed E-state index contributed by atoms with van der Waals surface area (Å²) in [4.78, 5) is 8.90. The predicted molar refractivity (Wildman–Crippen MR) is 73.4 cm³/mol. The summed E-state index contributed by atoms with van der Waals surface area (Å²) < 4.78 is 1.99. The van der Waals surface area contributed by atoms with Crippen LogP contribution in [0.5, 0.6) is 0 Å². The molecule has 0 fully saturated rings. The highest BCUT2D eigenvalue weighted by molar-refractivity contribution is 5.81. The number of nitriles is 1. The van der Waals surface area contributed by atoms with Crippen molar-refractivity contribution in [3.63, 3.8) is 0 Å². The number of hydrogen-bond donors (Lipinski definition) is 0. The standard InChI is InChI=1S/C15H12N4/c1-10-3-5-12(9-17-10)15-18-13-6-4-11(8-16)7-14(13)19(15)2/h3-7,9H,1-2H3. The van der Waals surface area contributed by atoms with Crippen LogP contribution in [0.4, 0.5) is 0 Å². The number of aromatic nitrogens is 3. The number of pyridine rings is 1. The van der Waals surface area contributed by atoms with Crippen LogP contribution in [-0.2, 0) is 7.05 Å². The van der Waals surface area contributed by atoms with Crippen molar-refractivity contribution < 1.29 is 0 Å². The Kier molecular flexibility index (Phi) is 2.53. The van der Waals surface area contributed by atoms with E-state index in [0.29, 0.717) is 5.56 Å². The SMILES string of the molecule is Cc1ccc(-c2nc3ccc(C#N)cc3n2C)cn1. The molecule has 0 saturated heterocycles. The van der Waals surface area contributed by atoms with Gasteiger partial charge in [0, 0.05) is 24.5 Å². The highest BCUT2D eigenvalue weighted by atomic mass is 15.1. The van der Waals surface area contributed by atoms with Crippen molar-refractivity contribution in [3.8, 4) is 17.5 Å². The second kappa shape index (κ2) is 4.21. The van der Waals surface area contributed by atoms with Crippen LogP contribution in [0.1, 0.15) is 11.3 Å². The van der Waals surface area contributed by atoms with Crippen LogP contribution in [0.2, 0.25) is 0 Å². The maximum Gasteiger partial charge on any atom is 0.142 e. The molecule has 0 aliphatic heterocycles. The number of imidazole rings is 1. The minimum atomic E-state index is 0.643. The quantitative estimate of drug-likeness (QED) is 0.665. The second-order valence-electron chi connectivity index (χ2n) is 4.50. The molecule has 0 aliphatic carbocycles. The summed E-state index contributed by atoms with van der Waals surface area (Å²) in [7, 11) is 1.95. The normalized spacial score (nSPS) is 10.6. The number of rotatable bonds is 1. The van der Waals surface area contributed by atoms with Crippen molar-refractivity contribution in [1.29, 1.82) is 5.26 Å². The Hall–Kier alpha value is -2.67. The van der Waals surface area contributed by atoms with Crippen molar-refractivity contribution in [2.45, 2.75) is 6.92 Å². The third-order valence-electron chi connectivity index (χ3n) is 3.18. The smallest absolute Gasteiger partial charge is 0.142 e. The van der Waals surface area contributed by atoms with Gasteiger partial charge < -0.3 is 4.57 Å². The summed E-state index contributed by atoms with van der Waals surface area (Å²) in [6, 6.07) is 11.6. The summed E-state index contributed by atoms with van der Waals surface area (Å²) in [5.74, 6) is 0.859. The van der Waals surface area contributed by atoms with E-state index < -0.39 is 0 Å². The highest BCUT2D eigenvalue weighted by Crippen LogP contribution is 2.23. The van der Waals surface area contributed by atoms with E-state index in [0.717, 1.165) is 28.1 Å². The van der Waals surface area contributed by atoms with Crippen molar-refractivity contribution >= 4 is 11.0 Å². The van der Waals surface area contributed by atoms with E-state index in [1.165, 1.54) is 0 Å². The van der Waals surface area contributed by atoms with E-state index in [2.05, 4.69) is 16.0 Å². The fraction of sp³-hybridized carbons (Fsp3) is 0.133. The monoisotopic (exact) mass is 248 g/mol. The van der Waals surface area contributed by atoms with Gasteiger partial charge in [-0.25, -0.2) is 4.98 Å². The summed E-state index contributed by atoms with van der Waals surface area (Å²) in [5.41, 5.74) is 4.44. The number of nitrogens with zero attached hydrogens (tertiary/aromatic N) is 4. The van der Waals surface area contributed by atoms with Crippen molar-refractivity contribution in [3.05, 3.63) is 47.8 Å². The first kappa shape index (κ1) is 11.4. The lowest BCUT2D eigenvalue weighted by Crippen LogP contribution is -1.93. The van der Waals surface area contributed by atoms with Gasteiger partial charge in [0.25, 0.3) is 0 Å². The van der Waals surface area contributed by atoms with Crippen LogP contribution in [-0.4, -0.2) is 14.5 Å². The summed E-state index contributed by atoms with van der Waals surface area (Å²) in [6.07, 6.45) is 1.82. The molecule has 0 radical (unpaired) electrons. The number of aryl methyl sites for hydroxylation is 2. The molecule has 0 aliphatic rings. The maximum absolute atomic E-state index is 8.95. The Bertz CT molecular complexity index is 791. The van der Waals surface area contributed by atoms with Crippen LogP contribution in [0.25, 0.3) is 22.4 Å². The Morgan fingerprint density at radius 1 is 1.21 bits per heavy atom. The van der Waals surface area contributed by atoms with E-state index >= 15 is 0 Å². The van der Waals surface area contributed by atoms with Gasteiger partial charge >= 0.3 is 0 Å². The molecule has 2 aromatic heterocycles. The predicted octanol–water partition coefficient (Wildman–Crippen LogP) is 2.82. The van der Waals surface area contributed by atoms with Crippen LogP contribution in [0, 0.1) is 18.3 Å². The van der Waals surface area contributed by atoms with Gasteiger partial charge in [-0.05, 0) is 37.3 Å². The van der Waals surface area contributed by atoms with Gasteiger partial charge in [0.15, 0.2) is 0 Å². The second-order valence-corrected chi connectivity index (χ2v) is 4.50. The third-order valence-corrected chi connectivity index (χ3v) is 3.18. The van der Waals surface area contributed by atoms with Crippen LogP contribution < -0.4 is 0 Å². The van der Waals surface area contributed by atoms with Gasteiger partial charge in [-0.1, -0.05) is 0 Å². The number of hydrogen-bond acceptors (Lipinski definition) is 3. The lowest BCUT2D eigenvalue weighted by molar-refractivity contribution is 0.956. The van der Waals surface area contributed by atoms with E-state index in [-0.39, 0.29) is 0 Å². The van der Waals surface area contributed by atoms with Gasteiger partial charge in [-0.15, -0.1) is 0 Å². The lowest BCUT2D eigenvalue weighted by Gasteiger charge is -2.02. The maximum atomic E-state index is 8.95. The molecule has 4 nitrogen and oxygen atoms in total. The Labute approximate surface area is 111 Å². The average molecular weight is 248 g/mol. The molecule has 0 amide bonds. The van der Waals surface area contributed by atoms with Gasteiger partial charge in [-0.3, -0.25) is 4.98 Å². The molecular formula is C15H12N4. The minimum absolute atomic E-state index is 0.643. The molecule has 0 bridgehead atoms. The molecule has 1 aromatic carbocycles.